The summed E-state index contributed by atoms with van der Waals surface area (Å²) < 4.78 is 39.7. The van der Waals surface area contributed by atoms with E-state index in [1.807, 2.05) is 0 Å². The van der Waals surface area contributed by atoms with Crippen LogP contribution in [0.3, 0.4) is 0 Å². The van der Waals surface area contributed by atoms with Crippen LogP contribution in [-0.2, 0) is 16.6 Å². The van der Waals surface area contributed by atoms with Gasteiger partial charge in [-0.1, -0.05) is 19.1 Å². The lowest BCUT2D eigenvalue weighted by Gasteiger charge is -2.19. The fraction of sp³-hybridized carbons (Fsp3) is 0.385. The van der Waals surface area contributed by atoms with Crippen molar-refractivity contribution in [2.24, 2.45) is 0 Å². The largest absolute Gasteiger partial charge is 0.316 e. The van der Waals surface area contributed by atoms with Crippen molar-refractivity contribution in [2.75, 3.05) is 20.1 Å². The molecule has 0 aromatic heterocycles. The fourth-order valence-electron chi connectivity index (χ4n) is 1.75. The maximum atomic E-state index is 13.9. The summed E-state index contributed by atoms with van der Waals surface area (Å²) in [6.45, 7) is 6.13. The average Bonchev–Trinajstić information content (AvgIpc) is 2.35. The molecule has 1 aromatic carbocycles. The Morgan fingerprint density at radius 2 is 2.16 bits per heavy atom. The van der Waals surface area contributed by atoms with E-state index in [1.165, 1.54) is 22.5 Å². The second-order valence-electron chi connectivity index (χ2n) is 4.04. The van der Waals surface area contributed by atoms with Gasteiger partial charge >= 0.3 is 0 Å². The number of nitrogens with zero attached hydrogens (tertiary/aromatic N) is 1. The van der Waals surface area contributed by atoms with E-state index in [4.69, 9.17) is 0 Å². The molecule has 19 heavy (non-hydrogen) atoms. The van der Waals surface area contributed by atoms with Gasteiger partial charge in [0.05, 0.1) is 0 Å². The molecule has 0 aliphatic rings. The van der Waals surface area contributed by atoms with Gasteiger partial charge in [-0.25, -0.2) is 12.8 Å². The highest BCUT2D eigenvalue weighted by Gasteiger charge is 2.25. The van der Waals surface area contributed by atoms with Gasteiger partial charge in [0.2, 0.25) is 10.0 Å². The zero-order valence-corrected chi connectivity index (χ0v) is 12.0. The van der Waals surface area contributed by atoms with Crippen molar-refractivity contribution in [1.29, 1.82) is 0 Å². The maximum Gasteiger partial charge on any atom is 0.246 e. The van der Waals surface area contributed by atoms with Gasteiger partial charge in [0, 0.05) is 19.6 Å². The molecule has 0 aliphatic heterocycles. The minimum atomic E-state index is -3.81. The predicted octanol–water partition coefficient (Wildman–Crippen LogP) is 1.74. The smallest absolute Gasteiger partial charge is 0.246 e. The van der Waals surface area contributed by atoms with Crippen molar-refractivity contribution in [3.63, 3.8) is 0 Å². The monoisotopic (exact) mass is 286 g/mol. The van der Waals surface area contributed by atoms with Gasteiger partial charge < -0.3 is 5.32 Å². The number of halogens is 1. The number of nitrogens with one attached hydrogen (secondary N) is 1. The van der Waals surface area contributed by atoms with Gasteiger partial charge in [0.25, 0.3) is 0 Å². The number of benzene rings is 1. The molecule has 0 radical (unpaired) electrons. The minimum Gasteiger partial charge on any atom is -0.316 e. The molecular formula is C13H19FN2O2S. The van der Waals surface area contributed by atoms with Crippen molar-refractivity contribution < 1.29 is 12.8 Å². The Hall–Kier alpha value is -1.24. The number of hydrogen-bond donors (Lipinski definition) is 1. The molecule has 0 saturated carbocycles. The summed E-state index contributed by atoms with van der Waals surface area (Å²) in [4.78, 5) is -0.295. The first-order valence-electron chi connectivity index (χ1n) is 6.01. The Labute approximate surface area is 114 Å². The molecule has 1 rings (SSSR count). The van der Waals surface area contributed by atoms with E-state index in [2.05, 4.69) is 11.9 Å². The molecule has 106 valence electrons. The number of hydrogen-bond acceptors (Lipinski definition) is 3. The third kappa shape index (κ3) is 3.62. The lowest BCUT2D eigenvalue weighted by atomic mass is 10.2. The van der Waals surface area contributed by atoms with Crippen molar-refractivity contribution in [1.82, 2.24) is 9.62 Å². The van der Waals surface area contributed by atoms with Gasteiger partial charge in [0.15, 0.2) is 0 Å². The summed E-state index contributed by atoms with van der Waals surface area (Å²) in [6, 6.07) is 4.16. The van der Waals surface area contributed by atoms with Gasteiger partial charge in [-0.05, 0) is 24.7 Å². The molecule has 0 unspecified atom stereocenters. The summed E-state index contributed by atoms with van der Waals surface area (Å²) >= 11 is 0. The van der Waals surface area contributed by atoms with Gasteiger partial charge in [-0.15, -0.1) is 6.58 Å². The van der Waals surface area contributed by atoms with Crippen LogP contribution in [0.5, 0.6) is 0 Å². The summed E-state index contributed by atoms with van der Waals surface area (Å²) in [5.41, 5.74) is 0.700. The Morgan fingerprint density at radius 3 is 2.63 bits per heavy atom. The third-order valence-corrected chi connectivity index (χ3v) is 4.65. The fourth-order valence-corrected chi connectivity index (χ4v) is 3.21. The van der Waals surface area contributed by atoms with Crippen LogP contribution < -0.4 is 5.32 Å². The molecule has 0 atom stereocenters. The van der Waals surface area contributed by atoms with Crippen molar-refractivity contribution >= 4 is 10.0 Å². The minimum absolute atomic E-state index is 0.163. The van der Waals surface area contributed by atoms with Gasteiger partial charge in [0.1, 0.15) is 10.7 Å². The van der Waals surface area contributed by atoms with Crippen LogP contribution in [0.2, 0.25) is 0 Å². The molecule has 0 amide bonds. The first-order chi connectivity index (χ1) is 8.97. The lowest BCUT2D eigenvalue weighted by Crippen LogP contribution is -2.31. The Bertz CT molecular complexity index is 544. The highest BCUT2D eigenvalue weighted by Crippen LogP contribution is 2.20. The normalized spacial score (nSPS) is 11.8. The zero-order valence-electron chi connectivity index (χ0n) is 11.2. The summed E-state index contributed by atoms with van der Waals surface area (Å²) in [5.74, 6) is -0.727. The van der Waals surface area contributed by atoms with Crippen molar-refractivity contribution in [2.45, 2.75) is 18.4 Å². The highest BCUT2D eigenvalue weighted by molar-refractivity contribution is 7.89. The maximum absolute atomic E-state index is 13.9. The highest BCUT2D eigenvalue weighted by atomic mass is 32.2. The van der Waals surface area contributed by atoms with Crippen molar-refractivity contribution in [3.05, 3.63) is 42.2 Å². The Kier molecular flexibility index (Phi) is 5.65. The Morgan fingerprint density at radius 1 is 1.47 bits per heavy atom. The number of sulfonamides is 1. The van der Waals surface area contributed by atoms with Crippen LogP contribution in [0.15, 0.2) is 35.7 Å². The van der Waals surface area contributed by atoms with E-state index in [-0.39, 0.29) is 18.0 Å². The van der Waals surface area contributed by atoms with E-state index in [1.54, 1.807) is 20.0 Å². The van der Waals surface area contributed by atoms with Crippen LogP contribution >= 0.6 is 0 Å². The van der Waals surface area contributed by atoms with Crippen LogP contribution in [0.25, 0.3) is 0 Å². The number of rotatable bonds is 7. The standard InChI is InChI=1S/C13H19FN2O2S/c1-4-8-16(5-2)19(17,18)13-7-6-11(10-15-3)9-12(13)14/h4,6-7,9,15H,1,5,8,10H2,2-3H3. The second kappa shape index (κ2) is 6.79. The molecule has 0 heterocycles. The number of likely N-dealkylation sites (N-methyl/N-ethyl adjacent to an activating group) is 1. The summed E-state index contributed by atoms with van der Waals surface area (Å²) in [5, 5.41) is 2.88. The molecule has 1 N–H and O–H groups in total. The first-order valence-corrected chi connectivity index (χ1v) is 7.45. The quantitative estimate of drug-likeness (QED) is 0.777. The molecule has 0 spiro atoms. The average molecular weight is 286 g/mol. The molecule has 6 heteroatoms. The topological polar surface area (TPSA) is 49.4 Å². The molecule has 0 saturated heterocycles. The molecular weight excluding hydrogens is 267 g/mol. The van der Waals surface area contributed by atoms with Crippen LogP contribution in [0.1, 0.15) is 12.5 Å². The van der Waals surface area contributed by atoms with Crippen LogP contribution in [0.4, 0.5) is 4.39 Å². The second-order valence-corrected chi connectivity index (χ2v) is 5.95. The molecule has 4 nitrogen and oxygen atoms in total. The van der Waals surface area contributed by atoms with Gasteiger partial charge in [-0.2, -0.15) is 4.31 Å². The summed E-state index contributed by atoms with van der Waals surface area (Å²) in [7, 11) is -2.07. The van der Waals surface area contributed by atoms with Crippen LogP contribution in [-0.4, -0.2) is 32.9 Å². The molecule has 0 aliphatic carbocycles. The Balaban J connectivity index is 3.17. The van der Waals surface area contributed by atoms with E-state index < -0.39 is 15.8 Å². The SMILES string of the molecule is C=CCN(CC)S(=O)(=O)c1ccc(CNC)cc1F. The molecule has 1 aromatic rings. The van der Waals surface area contributed by atoms with E-state index in [9.17, 15) is 12.8 Å². The van der Waals surface area contributed by atoms with Crippen LogP contribution in [0, 0.1) is 5.82 Å². The van der Waals surface area contributed by atoms with E-state index in [0.717, 1.165) is 0 Å². The molecule has 0 fully saturated rings. The first kappa shape index (κ1) is 15.8. The zero-order chi connectivity index (χ0) is 14.5. The van der Waals surface area contributed by atoms with E-state index in [0.29, 0.717) is 12.1 Å². The van der Waals surface area contributed by atoms with Gasteiger partial charge in [-0.3, -0.25) is 0 Å². The van der Waals surface area contributed by atoms with Crippen molar-refractivity contribution in [3.8, 4) is 0 Å². The lowest BCUT2D eigenvalue weighted by molar-refractivity contribution is 0.453. The third-order valence-electron chi connectivity index (χ3n) is 2.68. The van der Waals surface area contributed by atoms with E-state index >= 15 is 0 Å². The molecule has 0 bridgehead atoms. The summed E-state index contributed by atoms with van der Waals surface area (Å²) in [6.07, 6.45) is 1.48. The predicted molar refractivity (Wildman–Crippen MR) is 73.8 cm³/mol.